The highest BCUT2D eigenvalue weighted by molar-refractivity contribution is 5.98. The number of anilines is 2. The van der Waals surface area contributed by atoms with Crippen LogP contribution in [-0.4, -0.2) is 32.9 Å². The van der Waals surface area contributed by atoms with Crippen molar-refractivity contribution in [3.05, 3.63) is 30.6 Å². The molecular weight excluding hydrogens is 343 g/mol. The van der Waals surface area contributed by atoms with E-state index in [2.05, 4.69) is 25.5 Å². The Kier molecular flexibility index (Phi) is 4.30. The van der Waals surface area contributed by atoms with Crippen LogP contribution in [-0.2, 0) is 16.1 Å². The van der Waals surface area contributed by atoms with Crippen molar-refractivity contribution in [2.45, 2.75) is 19.3 Å². The molecule has 2 N–H and O–H groups in total. The molecule has 2 amide bonds. The Labute approximate surface area is 139 Å². The summed E-state index contributed by atoms with van der Waals surface area (Å²) < 4.78 is 41.5. The third-order valence-corrected chi connectivity index (χ3v) is 3.42. The third kappa shape index (κ3) is 4.25. The van der Waals surface area contributed by atoms with Crippen molar-refractivity contribution in [2.24, 2.45) is 5.92 Å². The van der Waals surface area contributed by atoms with Gasteiger partial charge in [0.15, 0.2) is 0 Å². The Morgan fingerprint density at radius 2 is 2.08 bits per heavy atom. The normalized spacial score (nSPS) is 16.8. The number of ether oxygens (including phenoxy) is 1. The fourth-order valence-corrected chi connectivity index (χ4v) is 2.33. The van der Waals surface area contributed by atoms with Crippen molar-refractivity contribution < 1.29 is 27.5 Å². The smallest absolute Gasteiger partial charge is 0.406 e. The van der Waals surface area contributed by atoms with E-state index in [4.69, 9.17) is 0 Å². The number of amides is 2. The van der Waals surface area contributed by atoms with Gasteiger partial charge in [0.25, 0.3) is 0 Å². The molecule has 11 heteroatoms. The number of halogens is 3. The van der Waals surface area contributed by atoms with Crippen LogP contribution in [0.3, 0.4) is 0 Å². The molecule has 1 aromatic heterocycles. The van der Waals surface area contributed by atoms with E-state index in [9.17, 15) is 22.8 Å². The van der Waals surface area contributed by atoms with E-state index in [0.717, 1.165) is 12.1 Å². The van der Waals surface area contributed by atoms with E-state index in [1.165, 1.54) is 23.1 Å². The van der Waals surface area contributed by atoms with Crippen molar-refractivity contribution in [2.75, 3.05) is 10.6 Å². The Morgan fingerprint density at radius 1 is 1.36 bits per heavy atom. The molecule has 1 aliphatic heterocycles. The predicted octanol–water partition coefficient (Wildman–Crippen LogP) is 1.77. The molecule has 132 valence electrons. The van der Waals surface area contributed by atoms with Gasteiger partial charge >= 0.3 is 6.36 Å². The van der Waals surface area contributed by atoms with Gasteiger partial charge in [0, 0.05) is 12.1 Å². The molecule has 0 aliphatic carbocycles. The summed E-state index contributed by atoms with van der Waals surface area (Å²) in [5.74, 6) is -1.49. The minimum atomic E-state index is -4.78. The summed E-state index contributed by atoms with van der Waals surface area (Å²) in [6.45, 7) is 0.215. The minimum Gasteiger partial charge on any atom is -0.406 e. The highest BCUT2D eigenvalue weighted by Crippen LogP contribution is 2.24. The summed E-state index contributed by atoms with van der Waals surface area (Å²) in [7, 11) is 0. The zero-order valence-electron chi connectivity index (χ0n) is 12.6. The van der Waals surface area contributed by atoms with E-state index in [0.29, 0.717) is 5.95 Å². The molecule has 0 radical (unpaired) electrons. The molecule has 0 spiro atoms. The summed E-state index contributed by atoms with van der Waals surface area (Å²) in [5, 5.41) is 8.98. The number of carbonyl (C=O) groups excluding carboxylic acids is 2. The molecule has 2 heterocycles. The molecule has 1 aromatic carbocycles. The van der Waals surface area contributed by atoms with Crippen molar-refractivity contribution >= 4 is 23.5 Å². The predicted molar refractivity (Wildman–Crippen MR) is 78.5 cm³/mol. The van der Waals surface area contributed by atoms with E-state index in [-0.39, 0.29) is 24.6 Å². The van der Waals surface area contributed by atoms with Crippen molar-refractivity contribution in [3.8, 4) is 5.75 Å². The number of rotatable bonds is 4. The fraction of sp³-hybridized carbons (Fsp3) is 0.286. The van der Waals surface area contributed by atoms with Crippen LogP contribution in [0, 0.1) is 5.92 Å². The van der Waals surface area contributed by atoms with Crippen LogP contribution in [0.2, 0.25) is 0 Å². The van der Waals surface area contributed by atoms with Crippen LogP contribution in [0.5, 0.6) is 5.75 Å². The van der Waals surface area contributed by atoms with Crippen molar-refractivity contribution in [3.63, 3.8) is 0 Å². The van der Waals surface area contributed by atoms with Crippen LogP contribution >= 0.6 is 0 Å². The zero-order valence-corrected chi connectivity index (χ0v) is 12.6. The number of nitrogens with zero attached hydrogens (tertiary/aromatic N) is 3. The number of fused-ring (bicyclic) bond motifs is 1. The lowest BCUT2D eigenvalue weighted by molar-refractivity contribution is -0.274. The van der Waals surface area contributed by atoms with Gasteiger partial charge in [-0.15, -0.1) is 13.2 Å². The molecule has 0 saturated heterocycles. The standard InChI is InChI=1S/C14H12F3N5O3/c15-14(16,17)25-10-3-1-9(2-4-10)20-11(23)5-8-6-22-13(18-7-19-22)21-12(8)24/h1-4,7-8H,5-6H2,(H,20,23)(H,18,19,21,24)/t8-/m1/s1. The third-order valence-electron chi connectivity index (χ3n) is 3.42. The molecule has 0 bridgehead atoms. The van der Waals surface area contributed by atoms with Crippen LogP contribution in [0.1, 0.15) is 6.42 Å². The number of alkyl halides is 3. The second-order valence-corrected chi connectivity index (χ2v) is 5.28. The first-order chi connectivity index (χ1) is 11.8. The van der Waals surface area contributed by atoms with E-state index in [1.54, 1.807) is 0 Å². The highest BCUT2D eigenvalue weighted by atomic mass is 19.4. The van der Waals surface area contributed by atoms with Crippen LogP contribution in [0.4, 0.5) is 24.8 Å². The molecule has 0 fully saturated rings. The van der Waals surface area contributed by atoms with Gasteiger partial charge in [0.1, 0.15) is 12.1 Å². The Hall–Kier alpha value is -3.11. The molecule has 2 aromatic rings. The molecule has 0 unspecified atom stereocenters. The fourth-order valence-electron chi connectivity index (χ4n) is 2.33. The molecule has 25 heavy (non-hydrogen) atoms. The summed E-state index contributed by atoms with van der Waals surface area (Å²) in [6.07, 6.45) is -3.59. The average molecular weight is 355 g/mol. The maximum Gasteiger partial charge on any atom is 0.573 e. The van der Waals surface area contributed by atoms with Gasteiger partial charge in [0.05, 0.1) is 12.5 Å². The number of hydrogen-bond acceptors (Lipinski definition) is 5. The topological polar surface area (TPSA) is 98.1 Å². The monoisotopic (exact) mass is 355 g/mol. The lowest BCUT2D eigenvalue weighted by Gasteiger charge is -2.21. The van der Waals surface area contributed by atoms with Gasteiger partial charge in [-0.2, -0.15) is 10.1 Å². The number of aromatic nitrogens is 3. The number of nitrogens with one attached hydrogen (secondary N) is 2. The first kappa shape index (κ1) is 16.7. The Balaban J connectivity index is 1.57. The van der Waals surface area contributed by atoms with Gasteiger partial charge in [0.2, 0.25) is 17.8 Å². The lowest BCUT2D eigenvalue weighted by atomic mass is 10.0. The quantitative estimate of drug-likeness (QED) is 0.871. The minimum absolute atomic E-state index is 0.105. The van der Waals surface area contributed by atoms with Crippen LogP contribution < -0.4 is 15.4 Å². The summed E-state index contributed by atoms with van der Waals surface area (Å²) in [5.41, 5.74) is 0.289. The number of carbonyl (C=O) groups is 2. The number of hydrogen-bond donors (Lipinski definition) is 2. The Morgan fingerprint density at radius 3 is 2.76 bits per heavy atom. The van der Waals surface area contributed by atoms with Gasteiger partial charge in [-0.25, -0.2) is 4.68 Å². The van der Waals surface area contributed by atoms with E-state index in [1.807, 2.05) is 0 Å². The lowest BCUT2D eigenvalue weighted by Crippen LogP contribution is -2.36. The molecule has 0 saturated carbocycles. The maximum atomic E-state index is 12.1. The Bertz CT molecular complexity index is 788. The van der Waals surface area contributed by atoms with Gasteiger partial charge in [-0.1, -0.05) is 0 Å². The first-order valence-corrected chi connectivity index (χ1v) is 7.14. The molecule has 3 rings (SSSR count). The average Bonchev–Trinajstić information content (AvgIpc) is 2.95. The zero-order chi connectivity index (χ0) is 18.0. The van der Waals surface area contributed by atoms with Gasteiger partial charge < -0.3 is 10.1 Å². The summed E-state index contributed by atoms with van der Waals surface area (Å²) in [4.78, 5) is 27.8. The second-order valence-electron chi connectivity index (χ2n) is 5.28. The number of benzene rings is 1. The summed E-state index contributed by atoms with van der Waals surface area (Å²) >= 11 is 0. The van der Waals surface area contributed by atoms with E-state index >= 15 is 0 Å². The van der Waals surface area contributed by atoms with E-state index < -0.39 is 23.9 Å². The van der Waals surface area contributed by atoms with Crippen molar-refractivity contribution in [1.82, 2.24) is 14.8 Å². The summed E-state index contributed by atoms with van der Waals surface area (Å²) in [6, 6.07) is 4.71. The maximum absolute atomic E-state index is 12.1. The van der Waals surface area contributed by atoms with Crippen LogP contribution in [0.15, 0.2) is 30.6 Å². The second kappa shape index (κ2) is 6.42. The molecule has 1 aliphatic rings. The molecule has 1 atom stereocenters. The largest absolute Gasteiger partial charge is 0.573 e. The van der Waals surface area contributed by atoms with Gasteiger partial charge in [-0.05, 0) is 24.3 Å². The molecule has 8 nitrogen and oxygen atoms in total. The SMILES string of the molecule is O=C(C[C@@H]1Cn2ncnc2NC1=O)Nc1ccc(OC(F)(F)F)cc1. The highest BCUT2D eigenvalue weighted by Gasteiger charge is 2.31. The van der Waals surface area contributed by atoms with Crippen LogP contribution in [0.25, 0.3) is 0 Å². The van der Waals surface area contributed by atoms with Gasteiger partial charge in [-0.3, -0.25) is 14.9 Å². The molecular formula is C14H12F3N5O3. The first-order valence-electron chi connectivity index (χ1n) is 7.14. The van der Waals surface area contributed by atoms with Crippen molar-refractivity contribution in [1.29, 1.82) is 0 Å².